The Hall–Kier alpha value is -1.47. The Morgan fingerprint density at radius 3 is 3.00 bits per heavy atom. The van der Waals surface area contributed by atoms with Gasteiger partial charge < -0.3 is 10.0 Å². The zero-order chi connectivity index (χ0) is 11.7. The van der Waals surface area contributed by atoms with Crippen LogP contribution in [-0.2, 0) is 0 Å². The minimum Gasteiger partial charge on any atom is -0.390 e. The molecule has 1 fully saturated rings. The highest BCUT2D eigenvalue weighted by atomic mass is 16.6. The molecule has 7 heteroatoms. The Morgan fingerprint density at radius 1 is 1.69 bits per heavy atom. The maximum atomic E-state index is 10.5. The zero-order valence-electron chi connectivity index (χ0n) is 8.98. The van der Waals surface area contributed by atoms with Gasteiger partial charge in [0.05, 0.1) is 17.1 Å². The molecule has 0 saturated carbocycles. The molecule has 2 rings (SSSR count). The van der Waals surface area contributed by atoms with Gasteiger partial charge in [0.2, 0.25) is 0 Å². The molecule has 0 radical (unpaired) electrons. The fourth-order valence-corrected chi connectivity index (χ4v) is 1.99. The van der Waals surface area contributed by atoms with E-state index in [0.717, 1.165) is 13.0 Å². The number of piperidine rings is 1. The first-order chi connectivity index (χ1) is 7.58. The van der Waals surface area contributed by atoms with Crippen LogP contribution in [0.4, 0.5) is 5.69 Å². The summed E-state index contributed by atoms with van der Waals surface area (Å²) in [5.41, 5.74) is -0.0360. The van der Waals surface area contributed by atoms with Crippen molar-refractivity contribution in [3.63, 3.8) is 0 Å². The molecule has 16 heavy (non-hydrogen) atoms. The molecular weight excluding hydrogens is 212 g/mol. The summed E-state index contributed by atoms with van der Waals surface area (Å²) in [5, 5.41) is 24.3. The van der Waals surface area contributed by atoms with Crippen LogP contribution in [0.2, 0.25) is 0 Å². The third-order valence-corrected chi connectivity index (χ3v) is 2.89. The number of aliphatic hydroxyl groups excluding tert-OH is 1. The summed E-state index contributed by atoms with van der Waals surface area (Å²) in [5.74, 6) is 0. The van der Waals surface area contributed by atoms with Gasteiger partial charge >= 0.3 is 5.69 Å². The SMILES string of the molecule is CN1CCC(n2cc([N+](=O)[O-])cn2)C(O)C1. The maximum Gasteiger partial charge on any atom is 0.307 e. The number of aromatic nitrogens is 2. The average molecular weight is 226 g/mol. The summed E-state index contributed by atoms with van der Waals surface area (Å²) in [6, 6.07) is -0.162. The second-order valence-corrected chi connectivity index (χ2v) is 4.12. The Labute approximate surface area is 92.4 Å². The predicted molar refractivity (Wildman–Crippen MR) is 56.0 cm³/mol. The third-order valence-electron chi connectivity index (χ3n) is 2.89. The van der Waals surface area contributed by atoms with E-state index in [1.165, 1.54) is 17.1 Å². The Morgan fingerprint density at radius 2 is 2.44 bits per heavy atom. The fraction of sp³-hybridized carbons (Fsp3) is 0.667. The van der Waals surface area contributed by atoms with Gasteiger partial charge in [-0.3, -0.25) is 14.8 Å². The van der Waals surface area contributed by atoms with Crippen LogP contribution in [0.3, 0.4) is 0 Å². The molecule has 2 unspecified atom stereocenters. The first kappa shape index (κ1) is 11.0. The molecule has 2 heterocycles. The summed E-state index contributed by atoms with van der Waals surface area (Å²) >= 11 is 0. The summed E-state index contributed by atoms with van der Waals surface area (Å²) in [7, 11) is 1.94. The van der Waals surface area contributed by atoms with Gasteiger partial charge in [-0.2, -0.15) is 5.10 Å². The average Bonchev–Trinajstić information content (AvgIpc) is 2.66. The van der Waals surface area contributed by atoms with Crippen molar-refractivity contribution in [3.05, 3.63) is 22.5 Å². The third kappa shape index (κ3) is 2.05. The maximum absolute atomic E-state index is 10.5. The van der Waals surface area contributed by atoms with Gasteiger partial charge in [-0.15, -0.1) is 0 Å². The number of aliphatic hydroxyl groups is 1. The standard InChI is InChI=1S/C9H14N4O3/c1-11-3-2-8(9(14)6-11)12-5-7(4-10-12)13(15)16/h4-5,8-9,14H,2-3,6H2,1H3. The number of likely N-dealkylation sites (tertiary alicyclic amines) is 1. The van der Waals surface area contributed by atoms with Crippen molar-refractivity contribution >= 4 is 5.69 Å². The van der Waals surface area contributed by atoms with E-state index in [4.69, 9.17) is 0 Å². The van der Waals surface area contributed by atoms with E-state index in [0.29, 0.717) is 6.54 Å². The topological polar surface area (TPSA) is 84.4 Å². The predicted octanol–water partition coefficient (Wildman–Crippen LogP) is 0.0288. The number of rotatable bonds is 2. The molecular formula is C9H14N4O3. The normalized spacial score (nSPS) is 26.9. The summed E-state index contributed by atoms with van der Waals surface area (Å²) in [6.45, 7) is 1.42. The Bertz CT molecular complexity index is 392. The van der Waals surface area contributed by atoms with Gasteiger partial charge in [-0.25, -0.2) is 0 Å². The summed E-state index contributed by atoms with van der Waals surface area (Å²) < 4.78 is 1.50. The van der Waals surface area contributed by atoms with Crippen LogP contribution >= 0.6 is 0 Å². The van der Waals surface area contributed by atoms with Gasteiger partial charge in [0, 0.05) is 13.1 Å². The highest BCUT2D eigenvalue weighted by Crippen LogP contribution is 2.23. The van der Waals surface area contributed by atoms with Crippen molar-refractivity contribution < 1.29 is 10.0 Å². The van der Waals surface area contributed by atoms with Gasteiger partial charge in [-0.05, 0) is 13.5 Å². The number of hydrogen-bond acceptors (Lipinski definition) is 5. The first-order valence-corrected chi connectivity index (χ1v) is 5.13. The van der Waals surface area contributed by atoms with Crippen LogP contribution in [0, 0.1) is 10.1 Å². The molecule has 1 aromatic heterocycles. The molecule has 1 N–H and O–H groups in total. The molecule has 7 nitrogen and oxygen atoms in total. The van der Waals surface area contributed by atoms with Crippen LogP contribution in [0.5, 0.6) is 0 Å². The fourth-order valence-electron chi connectivity index (χ4n) is 1.99. The molecule has 1 aliphatic heterocycles. The second kappa shape index (κ2) is 4.18. The van der Waals surface area contributed by atoms with E-state index < -0.39 is 11.0 Å². The van der Waals surface area contributed by atoms with E-state index in [1.54, 1.807) is 0 Å². The van der Waals surface area contributed by atoms with Crippen molar-refractivity contribution in [2.24, 2.45) is 0 Å². The second-order valence-electron chi connectivity index (χ2n) is 4.12. The van der Waals surface area contributed by atoms with Crippen molar-refractivity contribution in [3.8, 4) is 0 Å². The zero-order valence-corrected chi connectivity index (χ0v) is 8.98. The highest BCUT2D eigenvalue weighted by Gasteiger charge is 2.28. The van der Waals surface area contributed by atoms with Crippen molar-refractivity contribution in [1.82, 2.24) is 14.7 Å². The van der Waals surface area contributed by atoms with Gasteiger partial charge in [0.15, 0.2) is 0 Å². The molecule has 0 amide bonds. The molecule has 1 aromatic rings. The van der Waals surface area contributed by atoms with E-state index in [-0.39, 0.29) is 11.7 Å². The largest absolute Gasteiger partial charge is 0.390 e. The lowest BCUT2D eigenvalue weighted by Gasteiger charge is -2.33. The molecule has 0 bridgehead atoms. The van der Waals surface area contributed by atoms with Crippen LogP contribution in [0.1, 0.15) is 12.5 Å². The Kier molecular flexibility index (Phi) is 2.88. The number of hydrogen-bond donors (Lipinski definition) is 1. The highest BCUT2D eigenvalue weighted by molar-refractivity contribution is 5.21. The van der Waals surface area contributed by atoms with Crippen LogP contribution in [0.25, 0.3) is 0 Å². The molecule has 88 valence electrons. The monoisotopic (exact) mass is 226 g/mol. The van der Waals surface area contributed by atoms with Crippen LogP contribution in [-0.4, -0.2) is 51.0 Å². The lowest BCUT2D eigenvalue weighted by Crippen LogP contribution is -2.42. The minimum atomic E-state index is -0.529. The number of likely N-dealkylation sites (N-methyl/N-ethyl adjacent to an activating group) is 1. The molecule has 1 saturated heterocycles. The van der Waals surface area contributed by atoms with E-state index in [9.17, 15) is 15.2 Å². The molecule has 0 spiro atoms. The first-order valence-electron chi connectivity index (χ1n) is 5.13. The van der Waals surface area contributed by atoms with Gasteiger partial charge in [0.25, 0.3) is 0 Å². The van der Waals surface area contributed by atoms with E-state index in [2.05, 4.69) is 5.10 Å². The molecule has 0 aliphatic carbocycles. The summed E-state index contributed by atoms with van der Waals surface area (Å²) in [4.78, 5) is 12.1. The molecule has 1 aliphatic rings. The lowest BCUT2D eigenvalue weighted by molar-refractivity contribution is -0.385. The smallest absolute Gasteiger partial charge is 0.307 e. The number of nitro groups is 1. The van der Waals surface area contributed by atoms with E-state index in [1.807, 2.05) is 11.9 Å². The number of nitrogens with zero attached hydrogens (tertiary/aromatic N) is 4. The van der Waals surface area contributed by atoms with Crippen molar-refractivity contribution in [2.45, 2.75) is 18.6 Å². The van der Waals surface area contributed by atoms with Crippen molar-refractivity contribution in [2.75, 3.05) is 20.1 Å². The molecule has 0 aromatic carbocycles. The summed E-state index contributed by atoms with van der Waals surface area (Å²) in [6.07, 6.45) is 2.80. The lowest BCUT2D eigenvalue weighted by atomic mass is 10.0. The molecule has 2 atom stereocenters. The van der Waals surface area contributed by atoms with Crippen LogP contribution in [0.15, 0.2) is 12.4 Å². The van der Waals surface area contributed by atoms with Crippen molar-refractivity contribution in [1.29, 1.82) is 0 Å². The van der Waals surface area contributed by atoms with Crippen LogP contribution < -0.4 is 0 Å². The quantitative estimate of drug-likeness (QED) is 0.568. The number of β-amino-alcohol motifs (C(OH)–C–C–N with tert-alkyl or cyclic N) is 1. The minimum absolute atomic E-state index is 0.0360. The van der Waals surface area contributed by atoms with E-state index >= 15 is 0 Å². The Balaban J connectivity index is 2.14. The van der Waals surface area contributed by atoms with Gasteiger partial charge in [0.1, 0.15) is 12.4 Å². The van der Waals surface area contributed by atoms with Gasteiger partial charge in [-0.1, -0.05) is 0 Å².